The monoisotopic (exact) mass is 360 g/mol. The highest BCUT2D eigenvalue weighted by atomic mass is 16.5. The average molecular weight is 360 g/mol. The number of hydrogen-bond acceptors (Lipinski definition) is 5. The average Bonchev–Trinajstić information content (AvgIpc) is 3.07. The van der Waals surface area contributed by atoms with E-state index in [1.165, 1.54) is 5.56 Å². The molecule has 4 rings (SSSR count). The van der Waals surface area contributed by atoms with Crippen LogP contribution in [0.4, 0.5) is 0 Å². The number of fused-ring (bicyclic) bond motifs is 1. The topological polar surface area (TPSA) is 82.0 Å². The minimum Gasteiger partial charge on any atom is -0.493 e. The van der Waals surface area contributed by atoms with Gasteiger partial charge in [0.25, 0.3) is 5.91 Å². The second kappa shape index (κ2) is 6.83. The van der Waals surface area contributed by atoms with Gasteiger partial charge in [0.2, 0.25) is 0 Å². The molecule has 2 fully saturated rings. The highest BCUT2D eigenvalue weighted by molar-refractivity contribution is 5.85. The highest BCUT2D eigenvalue weighted by Crippen LogP contribution is 2.40. The third kappa shape index (κ3) is 3.33. The second-order valence-corrected chi connectivity index (χ2v) is 8.14. The molecule has 1 amide bonds. The number of rotatable bonds is 4. The maximum atomic E-state index is 12.9. The van der Waals surface area contributed by atoms with Gasteiger partial charge in [0.05, 0.1) is 18.8 Å². The lowest BCUT2D eigenvalue weighted by Gasteiger charge is -2.41. The van der Waals surface area contributed by atoms with Gasteiger partial charge in [0.1, 0.15) is 11.4 Å². The van der Waals surface area contributed by atoms with Gasteiger partial charge in [0, 0.05) is 19.5 Å². The number of piperidine rings is 1. The van der Waals surface area contributed by atoms with Crippen molar-refractivity contribution in [2.75, 3.05) is 26.7 Å². The van der Waals surface area contributed by atoms with Crippen molar-refractivity contribution in [1.82, 2.24) is 10.2 Å². The zero-order valence-electron chi connectivity index (χ0n) is 15.3. The van der Waals surface area contributed by atoms with Crippen molar-refractivity contribution in [3.05, 3.63) is 29.3 Å². The molecule has 0 spiro atoms. The van der Waals surface area contributed by atoms with E-state index in [-0.39, 0.29) is 24.0 Å². The number of hydrogen-bond donors (Lipinski definition) is 3. The van der Waals surface area contributed by atoms with E-state index < -0.39 is 5.60 Å². The van der Waals surface area contributed by atoms with Crippen LogP contribution in [-0.2, 0) is 11.2 Å². The molecule has 6 heteroatoms. The maximum Gasteiger partial charge on any atom is 0.252 e. The molecule has 1 aromatic carbocycles. The predicted molar refractivity (Wildman–Crippen MR) is 96.9 cm³/mol. The third-order valence-corrected chi connectivity index (χ3v) is 6.22. The Morgan fingerprint density at radius 3 is 2.77 bits per heavy atom. The quantitative estimate of drug-likeness (QED) is 0.746. The van der Waals surface area contributed by atoms with Gasteiger partial charge in [-0.3, -0.25) is 4.79 Å². The second-order valence-electron chi connectivity index (χ2n) is 8.14. The van der Waals surface area contributed by atoms with E-state index in [2.05, 4.69) is 16.3 Å². The van der Waals surface area contributed by atoms with Gasteiger partial charge in [-0.2, -0.15) is 0 Å². The molecule has 1 aliphatic carbocycles. The van der Waals surface area contributed by atoms with Crippen LogP contribution in [0, 0.1) is 5.92 Å². The zero-order chi connectivity index (χ0) is 18.3. The molecular weight excluding hydrogens is 332 g/mol. The molecule has 1 saturated carbocycles. The predicted octanol–water partition coefficient (Wildman–Crippen LogP) is 1.01. The Kier molecular flexibility index (Phi) is 4.67. The van der Waals surface area contributed by atoms with Gasteiger partial charge in [-0.1, -0.05) is 6.07 Å². The zero-order valence-corrected chi connectivity index (χ0v) is 15.3. The van der Waals surface area contributed by atoms with Crippen LogP contribution in [-0.4, -0.2) is 59.5 Å². The van der Waals surface area contributed by atoms with E-state index in [1.807, 2.05) is 19.2 Å². The number of carbonyl (C=O) groups is 1. The molecule has 0 bridgehead atoms. The molecule has 1 unspecified atom stereocenters. The summed E-state index contributed by atoms with van der Waals surface area (Å²) < 4.78 is 5.58. The highest BCUT2D eigenvalue weighted by Gasteiger charge is 2.42. The first kappa shape index (κ1) is 17.8. The van der Waals surface area contributed by atoms with E-state index in [0.29, 0.717) is 45.4 Å². The van der Waals surface area contributed by atoms with Crippen molar-refractivity contribution in [1.29, 1.82) is 0 Å². The molecule has 1 saturated heterocycles. The normalized spacial score (nSPS) is 28.6. The molecule has 1 aromatic rings. The van der Waals surface area contributed by atoms with Crippen molar-refractivity contribution in [3.63, 3.8) is 0 Å². The molecule has 142 valence electrons. The molecule has 1 atom stereocenters. The number of carbonyl (C=O) groups excluding carboxylic acids is 1. The maximum absolute atomic E-state index is 12.9. The lowest BCUT2D eigenvalue weighted by molar-refractivity contribution is -0.146. The molecule has 2 aliphatic heterocycles. The van der Waals surface area contributed by atoms with Crippen molar-refractivity contribution < 1.29 is 19.7 Å². The Labute approximate surface area is 154 Å². The number of aliphatic hydroxyl groups is 2. The van der Waals surface area contributed by atoms with E-state index >= 15 is 0 Å². The summed E-state index contributed by atoms with van der Waals surface area (Å²) in [7, 11) is 2.00. The van der Waals surface area contributed by atoms with Crippen LogP contribution in [0.3, 0.4) is 0 Å². The van der Waals surface area contributed by atoms with Crippen molar-refractivity contribution in [2.24, 2.45) is 5.92 Å². The van der Waals surface area contributed by atoms with E-state index in [9.17, 15) is 15.0 Å². The Bertz CT molecular complexity index is 678. The number of benzene rings is 1. The number of nitrogens with one attached hydrogen (secondary N) is 1. The van der Waals surface area contributed by atoms with Crippen LogP contribution in [0.15, 0.2) is 18.2 Å². The molecule has 2 heterocycles. The summed E-state index contributed by atoms with van der Waals surface area (Å²) in [6.07, 6.45) is 2.86. The number of likely N-dealkylation sites (tertiary alicyclic amines) is 1. The van der Waals surface area contributed by atoms with Gasteiger partial charge in [-0.25, -0.2) is 0 Å². The van der Waals surface area contributed by atoms with Crippen LogP contribution in [0.1, 0.15) is 42.9 Å². The van der Waals surface area contributed by atoms with Crippen LogP contribution in [0.5, 0.6) is 5.75 Å². The minimum absolute atomic E-state index is 0.180. The number of aliphatic hydroxyl groups excluding tert-OH is 1. The van der Waals surface area contributed by atoms with Crippen LogP contribution < -0.4 is 10.1 Å². The Hall–Kier alpha value is -1.63. The molecule has 6 nitrogen and oxygen atoms in total. The summed E-state index contributed by atoms with van der Waals surface area (Å²) in [5.41, 5.74) is 0.906. The number of amides is 1. The van der Waals surface area contributed by atoms with Gasteiger partial charge in [-0.15, -0.1) is 0 Å². The van der Waals surface area contributed by atoms with Crippen molar-refractivity contribution >= 4 is 5.91 Å². The van der Waals surface area contributed by atoms with Gasteiger partial charge in [-0.05, 0) is 61.9 Å². The molecule has 3 N–H and O–H groups in total. The molecule has 0 aromatic heterocycles. The summed E-state index contributed by atoms with van der Waals surface area (Å²) in [5.74, 6) is 0.833. The smallest absolute Gasteiger partial charge is 0.252 e. The van der Waals surface area contributed by atoms with E-state index in [0.717, 1.165) is 17.7 Å². The van der Waals surface area contributed by atoms with Crippen LogP contribution in [0.25, 0.3) is 0 Å². The summed E-state index contributed by atoms with van der Waals surface area (Å²) in [6, 6.07) is 5.89. The van der Waals surface area contributed by atoms with Gasteiger partial charge < -0.3 is 25.2 Å². The van der Waals surface area contributed by atoms with Crippen molar-refractivity contribution in [2.45, 2.75) is 49.9 Å². The first-order valence-electron chi connectivity index (χ1n) is 9.60. The third-order valence-electron chi connectivity index (χ3n) is 6.22. The Morgan fingerprint density at radius 2 is 2.08 bits per heavy atom. The fraction of sp³-hybridized carbons (Fsp3) is 0.650. The summed E-state index contributed by atoms with van der Waals surface area (Å²) in [6.45, 7) is 2.13. The van der Waals surface area contributed by atoms with E-state index in [1.54, 1.807) is 0 Å². The molecule has 26 heavy (non-hydrogen) atoms. The minimum atomic E-state index is -1.30. The van der Waals surface area contributed by atoms with Crippen LogP contribution in [0.2, 0.25) is 0 Å². The van der Waals surface area contributed by atoms with Gasteiger partial charge in [0.15, 0.2) is 0 Å². The Morgan fingerprint density at radius 1 is 1.35 bits per heavy atom. The first-order valence-corrected chi connectivity index (χ1v) is 9.60. The molecule has 0 radical (unpaired) electrons. The van der Waals surface area contributed by atoms with Crippen molar-refractivity contribution in [3.8, 4) is 5.75 Å². The van der Waals surface area contributed by atoms with Gasteiger partial charge >= 0.3 is 0 Å². The SMILES string of the molecule is CN1CCC(O)(C(=O)NC(c2ccc3c(c2)CCO3)C2CC(O)C2)CC1. The lowest BCUT2D eigenvalue weighted by atomic mass is 9.74. The standard InChI is InChI=1S/C20H28N2O4/c1-22-7-5-20(25,6-8-22)19(24)21-18(15-11-16(23)12-15)14-2-3-17-13(10-14)4-9-26-17/h2-3,10,15-16,18,23,25H,4-9,11-12H2,1H3,(H,21,24). The number of nitrogens with zero attached hydrogens (tertiary/aromatic N) is 1. The summed E-state index contributed by atoms with van der Waals surface area (Å²) in [4.78, 5) is 15.0. The van der Waals surface area contributed by atoms with E-state index in [4.69, 9.17) is 4.74 Å². The summed E-state index contributed by atoms with van der Waals surface area (Å²) in [5, 5.41) is 23.7. The molecular formula is C20H28N2O4. The summed E-state index contributed by atoms with van der Waals surface area (Å²) >= 11 is 0. The fourth-order valence-electron chi connectivity index (χ4n) is 4.27. The number of ether oxygens (including phenoxy) is 1. The largest absolute Gasteiger partial charge is 0.493 e. The lowest BCUT2D eigenvalue weighted by Crippen LogP contribution is -2.55. The molecule has 3 aliphatic rings. The fourth-order valence-corrected chi connectivity index (χ4v) is 4.27. The Balaban J connectivity index is 1.53. The first-order chi connectivity index (χ1) is 12.4. The van der Waals surface area contributed by atoms with Crippen LogP contribution >= 0.6 is 0 Å².